The van der Waals surface area contributed by atoms with E-state index in [4.69, 9.17) is 0 Å². The zero-order chi connectivity index (χ0) is 11.7. The molecule has 1 aliphatic rings. The SMILES string of the molecule is OCc1cccnc1N1CCn2cnnc2C1. The number of aromatic nitrogens is 4. The van der Waals surface area contributed by atoms with Gasteiger partial charge < -0.3 is 14.6 Å². The molecule has 3 heterocycles. The minimum atomic E-state index is 0.00631. The molecule has 6 nitrogen and oxygen atoms in total. The van der Waals surface area contributed by atoms with E-state index in [-0.39, 0.29) is 6.61 Å². The summed E-state index contributed by atoms with van der Waals surface area (Å²) in [5.41, 5.74) is 0.848. The number of anilines is 1. The third-order valence-electron chi connectivity index (χ3n) is 2.98. The molecule has 2 aromatic rings. The Labute approximate surface area is 98.5 Å². The van der Waals surface area contributed by atoms with Gasteiger partial charge in [-0.1, -0.05) is 6.07 Å². The van der Waals surface area contributed by atoms with Gasteiger partial charge in [0, 0.05) is 24.8 Å². The number of aliphatic hydroxyl groups excluding tert-OH is 1. The molecule has 0 saturated carbocycles. The highest BCUT2D eigenvalue weighted by Gasteiger charge is 2.20. The first-order valence-electron chi connectivity index (χ1n) is 5.55. The average Bonchev–Trinajstić information content (AvgIpc) is 2.85. The largest absolute Gasteiger partial charge is 0.392 e. The highest BCUT2D eigenvalue weighted by molar-refractivity contribution is 5.46. The first kappa shape index (κ1) is 10.2. The van der Waals surface area contributed by atoms with Crippen LogP contribution in [0.3, 0.4) is 0 Å². The van der Waals surface area contributed by atoms with Crippen LogP contribution in [0, 0.1) is 0 Å². The monoisotopic (exact) mass is 231 g/mol. The Morgan fingerprint density at radius 1 is 1.35 bits per heavy atom. The van der Waals surface area contributed by atoms with Crippen molar-refractivity contribution < 1.29 is 5.11 Å². The molecule has 0 saturated heterocycles. The number of nitrogens with zero attached hydrogens (tertiary/aromatic N) is 5. The topological polar surface area (TPSA) is 67.1 Å². The molecule has 1 aliphatic heterocycles. The lowest BCUT2D eigenvalue weighted by Crippen LogP contribution is -2.34. The van der Waals surface area contributed by atoms with Crippen LogP contribution in [0.25, 0.3) is 0 Å². The van der Waals surface area contributed by atoms with Crippen LogP contribution >= 0.6 is 0 Å². The van der Waals surface area contributed by atoms with E-state index in [1.807, 2.05) is 16.7 Å². The number of fused-ring (bicyclic) bond motifs is 1. The van der Waals surface area contributed by atoms with Gasteiger partial charge in [0.1, 0.15) is 12.1 Å². The molecule has 0 radical (unpaired) electrons. The standard InChI is InChI=1S/C11H13N5O/c17-7-9-2-1-3-12-11(9)15-4-5-16-8-13-14-10(16)6-15/h1-3,8,17H,4-7H2. The molecule has 3 rings (SSSR count). The Morgan fingerprint density at radius 2 is 2.29 bits per heavy atom. The normalized spacial score (nSPS) is 14.8. The summed E-state index contributed by atoms with van der Waals surface area (Å²) in [6, 6.07) is 3.73. The van der Waals surface area contributed by atoms with E-state index in [9.17, 15) is 5.11 Å². The van der Waals surface area contributed by atoms with Crippen molar-refractivity contribution in [3.8, 4) is 0 Å². The minimum Gasteiger partial charge on any atom is -0.392 e. The Bertz CT molecular complexity index is 524. The highest BCUT2D eigenvalue weighted by Crippen LogP contribution is 2.21. The van der Waals surface area contributed by atoms with Crippen molar-refractivity contribution in [2.24, 2.45) is 0 Å². The Kier molecular flexibility index (Phi) is 2.49. The van der Waals surface area contributed by atoms with Crippen molar-refractivity contribution in [2.45, 2.75) is 19.7 Å². The smallest absolute Gasteiger partial charge is 0.152 e. The van der Waals surface area contributed by atoms with Crippen LogP contribution in [0.15, 0.2) is 24.7 Å². The Morgan fingerprint density at radius 3 is 3.18 bits per heavy atom. The number of rotatable bonds is 2. The van der Waals surface area contributed by atoms with Crippen LogP contribution in [-0.2, 0) is 19.7 Å². The third kappa shape index (κ3) is 1.76. The van der Waals surface area contributed by atoms with Gasteiger partial charge in [0.2, 0.25) is 0 Å². The van der Waals surface area contributed by atoms with Crippen molar-refractivity contribution in [3.63, 3.8) is 0 Å². The predicted octanol–water partition coefficient (Wildman–Crippen LogP) is 0.186. The molecule has 0 aliphatic carbocycles. The fourth-order valence-electron chi connectivity index (χ4n) is 2.09. The third-order valence-corrected chi connectivity index (χ3v) is 2.98. The Balaban J connectivity index is 1.91. The van der Waals surface area contributed by atoms with E-state index < -0.39 is 0 Å². The number of hydrogen-bond acceptors (Lipinski definition) is 5. The molecular formula is C11H13N5O. The van der Waals surface area contributed by atoms with Crippen molar-refractivity contribution >= 4 is 5.82 Å². The van der Waals surface area contributed by atoms with E-state index in [1.165, 1.54) is 0 Å². The summed E-state index contributed by atoms with van der Waals surface area (Å²) < 4.78 is 2.04. The molecule has 0 atom stereocenters. The molecule has 0 unspecified atom stereocenters. The maximum atomic E-state index is 9.30. The van der Waals surface area contributed by atoms with E-state index in [1.54, 1.807) is 12.5 Å². The Hall–Kier alpha value is -1.95. The quantitative estimate of drug-likeness (QED) is 0.799. The zero-order valence-corrected chi connectivity index (χ0v) is 9.32. The van der Waals surface area contributed by atoms with Crippen LogP contribution < -0.4 is 4.90 Å². The lowest BCUT2D eigenvalue weighted by Gasteiger charge is -2.29. The van der Waals surface area contributed by atoms with Gasteiger partial charge in [0.15, 0.2) is 5.82 Å². The van der Waals surface area contributed by atoms with Gasteiger partial charge in [-0.2, -0.15) is 0 Å². The summed E-state index contributed by atoms with van der Waals surface area (Å²) in [5, 5.41) is 17.3. The first-order chi connectivity index (χ1) is 8.38. The van der Waals surface area contributed by atoms with Crippen molar-refractivity contribution in [3.05, 3.63) is 36.0 Å². The van der Waals surface area contributed by atoms with Crippen LogP contribution in [0.2, 0.25) is 0 Å². The average molecular weight is 231 g/mol. The number of hydrogen-bond donors (Lipinski definition) is 1. The van der Waals surface area contributed by atoms with E-state index in [2.05, 4.69) is 20.1 Å². The van der Waals surface area contributed by atoms with Crippen molar-refractivity contribution in [1.29, 1.82) is 0 Å². The number of pyridine rings is 1. The van der Waals surface area contributed by atoms with Gasteiger partial charge in [0.05, 0.1) is 13.2 Å². The summed E-state index contributed by atoms with van der Waals surface area (Å²) >= 11 is 0. The molecule has 17 heavy (non-hydrogen) atoms. The first-order valence-corrected chi connectivity index (χ1v) is 5.55. The van der Waals surface area contributed by atoms with Gasteiger partial charge in [-0.25, -0.2) is 4.98 Å². The maximum Gasteiger partial charge on any atom is 0.152 e. The predicted molar refractivity (Wildman–Crippen MR) is 61.2 cm³/mol. The van der Waals surface area contributed by atoms with Crippen LogP contribution in [-0.4, -0.2) is 31.4 Å². The van der Waals surface area contributed by atoms with Gasteiger partial charge in [-0.3, -0.25) is 0 Å². The summed E-state index contributed by atoms with van der Waals surface area (Å²) in [7, 11) is 0. The molecule has 1 N–H and O–H groups in total. The summed E-state index contributed by atoms with van der Waals surface area (Å²) in [6.07, 6.45) is 3.49. The minimum absolute atomic E-state index is 0.00631. The summed E-state index contributed by atoms with van der Waals surface area (Å²) in [4.78, 5) is 6.46. The fourth-order valence-corrected chi connectivity index (χ4v) is 2.09. The molecular weight excluding hydrogens is 218 g/mol. The van der Waals surface area contributed by atoms with Crippen molar-refractivity contribution in [2.75, 3.05) is 11.4 Å². The summed E-state index contributed by atoms with van der Waals surface area (Å²) in [5.74, 6) is 1.77. The summed E-state index contributed by atoms with van der Waals surface area (Å²) in [6.45, 7) is 2.40. The molecule has 0 spiro atoms. The molecule has 2 aromatic heterocycles. The second kappa shape index (κ2) is 4.14. The molecule has 6 heteroatoms. The van der Waals surface area contributed by atoms with Gasteiger partial charge >= 0.3 is 0 Å². The van der Waals surface area contributed by atoms with Crippen LogP contribution in [0.4, 0.5) is 5.82 Å². The van der Waals surface area contributed by atoms with Gasteiger partial charge in [-0.05, 0) is 6.07 Å². The fraction of sp³-hybridized carbons (Fsp3) is 0.364. The van der Waals surface area contributed by atoms with E-state index >= 15 is 0 Å². The second-order valence-corrected chi connectivity index (χ2v) is 4.01. The second-order valence-electron chi connectivity index (χ2n) is 4.01. The number of aliphatic hydroxyl groups is 1. The zero-order valence-electron chi connectivity index (χ0n) is 9.32. The molecule has 0 bridgehead atoms. The highest BCUT2D eigenvalue weighted by atomic mass is 16.3. The maximum absolute atomic E-state index is 9.30. The van der Waals surface area contributed by atoms with E-state index in [0.29, 0.717) is 6.54 Å². The molecule has 0 amide bonds. The molecule has 0 aromatic carbocycles. The van der Waals surface area contributed by atoms with Crippen molar-refractivity contribution in [1.82, 2.24) is 19.7 Å². The van der Waals surface area contributed by atoms with E-state index in [0.717, 1.165) is 30.3 Å². The molecule has 0 fully saturated rings. The van der Waals surface area contributed by atoms with Crippen LogP contribution in [0.1, 0.15) is 11.4 Å². The van der Waals surface area contributed by atoms with Gasteiger partial charge in [-0.15, -0.1) is 10.2 Å². The molecule has 88 valence electrons. The van der Waals surface area contributed by atoms with Crippen LogP contribution in [0.5, 0.6) is 0 Å². The van der Waals surface area contributed by atoms with Gasteiger partial charge in [0.25, 0.3) is 0 Å². The lowest BCUT2D eigenvalue weighted by molar-refractivity contribution is 0.281. The lowest BCUT2D eigenvalue weighted by atomic mass is 10.2.